The van der Waals surface area contributed by atoms with Crippen LogP contribution in [0.4, 0.5) is 17.7 Å². The average molecular weight is 146 g/mol. The predicted octanol–water partition coefficient (Wildman–Crippen LogP) is 1.37. The van der Waals surface area contributed by atoms with Crippen molar-refractivity contribution in [2.75, 3.05) is 0 Å². The molecule has 0 bridgehead atoms. The monoisotopic (exact) mass is 146 g/mol. The van der Waals surface area contributed by atoms with E-state index in [0.29, 0.717) is 0 Å². The summed E-state index contributed by atoms with van der Waals surface area (Å²) in [7, 11) is 0. The van der Waals surface area contributed by atoms with Crippen LogP contribution in [-0.2, 0) is 9.74 Å². The standard InChI is InChI=1S/C3H2F4O2/c4-3(5,6)1-2(8)9-7/h1H2. The van der Waals surface area contributed by atoms with Gasteiger partial charge >= 0.3 is 12.1 Å². The van der Waals surface area contributed by atoms with Crippen molar-refractivity contribution < 1.29 is 27.4 Å². The van der Waals surface area contributed by atoms with Gasteiger partial charge in [-0.15, -0.1) is 0 Å². The number of carbonyl (C=O) groups is 1. The topological polar surface area (TPSA) is 26.3 Å². The van der Waals surface area contributed by atoms with Gasteiger partial charge in [-0.25, -0.2) is 4.79 Å². The lowest BCUT2D eigenvalue weighted by molar-refractivity contribution is -0.202. The van der Waals surface area contributed by atoms with E-state index in [4.69, 9.17) is 0 Å². The largest absolute Gasteiger partial charge is 0.399 e. The highest BCUT2D eigenvalue weighted by Gasteiger charge is 2.32. The second-order valence-electron chi connectivity index (χ2n) is 1.24. The molecule has 0 saturated carbocycles. The molecule has 0 aromatic heterocycles. The van der Waals surface area contributed by atoms with Crippen LogP contribution in [0.25, 0.3) is 0 Å². The fraction of sp³-hybridized carbons (Fsp3) is 0.667. The molecule has 0 aromatic carbocycles. The van der Waals surface area contributed by atoms with Crippen molar-refractivity contribution in [2.24, 2.45) is 0 Å². The Morgan fingerprint density at radius 1 is 1.44 bits per heavy atom. The molecular formula is C3H2F4O2. The lowest BCUT2D eigenvalue weighted by Gasteiger charge is -1.99. The highest BCUT2D eigenvalue weighted by atomic mass is 19.4. The van der Waals surface area contributed by atoms with Crippen LogP contribution in [0.15, 0.2) is 0 Å². The van der Waals surface area contributed by atoms with E-state index in [2.05, 4.69) is 4.94 Å². The number of alkyl halides is 3. The second-order valence-corrected chi connectivity index (χ2v) is 1.24. The first-order valence-corrected chi connectivity index (χ1v) is 1.84. The number of halogens is 4. The van der Waals surface area contributed by atoms with Crippen molar-refractivity contribution in [1.29, 1.82) is 0 Å². The maximum Gasteiger partial charge on any atom is 0.399 e. The predicted molar refractivity (Wildman–Crippen MR) is 17.9 cm³/mol. The van der Waals surface area contributed by atoms with Gasteiger partial charge in [0.25, 0.3) is 0 Å². The molecule has 0 heterocycles. The summed E-state index contributed by atoms with van der Waals surface area (Å²) in [6.07, 6.45) is -6.58. The molecule has 0 unspecified atom stereocenters. The van der Waals surface area contributed by atoms with Crippen molar-refractivity contribution in [1.82, 2.24) is 0 Å². The molecule has 0 aromatic rings. The molecule has 0 rings (SSSR count). The van der Waals surface area contributed by atoms with Crippen LogP contribution in [0, 0.1) is 0 Å². The van der Waals surface area contributed by atoms with Crippen LogP contribution >= 0.6 is 0 Å². The Kier molecular flexibility index (Phi) is 2.41. The Balaban J connectivity index is 3.60. The lowest BCUT2D eigenvalue weighted by atomic mass is 10.4. The Morgan fingerprint density at radius 3 is 2.00 bits per heavy atom. The number of hydrogen-bond acceptors (Lipinski definition) is 2. The molecule has 6 heteroatoms. The molecule has 0 radical (unpaired) electrons. The van der Waals surface area contributed by atoms with E-state index >= 15 is 0 Å². The van der Waals surface area contributed by atoms with Crippen molar-refractivity contribution in [3.05, 3.63) is 0 Å². The Hall–Kier alpha value is -0.810. The molecule has 0 saturated heterocycles. The lowest BCUT2D eigenvalue weighted by Crippen LogP contribution is -2.14. The van der Waals surface area contributed by atoms with Crippen molar-refractivity contribution in [3.8, 4) is 0 Å². The van der Waals surface area contributed by atoms with E-state index < -0.39 is 18.6 Å². The van der Waals surface area contributed by atoms with Crippen LogP contribution in [-0.4, -0.2) is 12.1 Å². The van der Waals surface area contributed by atoms with E-state index in [9.17, 15) is 22.5 Å². The highest BCUT2D eigenvalue weighted by molar-refractivity contribution is 5.69. The molecule has 2 nitrogen and oxygen atoms in total. The zero-order chi connectivity index (χ0) is 7.49. The van der Waals surface area contributed by atoms with Gasteiger partial charge in [0.05, 0.1) is 0 Å². The molecule has 0 aliphatic rings. The first kappa shape index (κ1) is 8.19. The highest BCUT2D eigenvalue weighted by Crippen LogP contribution is 2.19. The Labute approximate surface area is 47.3 Å². The summed E-state index contributed by atoms with van der Waals surface area (Å²) in [4.78, 5) is 11.8. The van der Waals surface area contributed by atoms with Crippen molar-refractivity contribution >= 4 is 5.97 Å². The van der Waals surface area contributed by atoms with E-state index in [0.717, 1.165) is 0 Å². The van der Waals surface area contributed by atoms with E-state index in [1.54, 1.807) is 0 Å². The van der Waals surface area contributed by atoms with Crippen LogP contribution in [0.5, 0.6) is 0 Å². The SMILES string of the molecule is O=C(CC(F)(F)F)OF. The van der Waals surface area contributed by atoms with Gasteiger partial charge in [0.1, 0.15) is 6.42 Å². The van der Waals surface area contributed by atoms with Gasteiger partial charge in [0.15, 0.2) is 0 Å². The first-order chi connectivity index (χ1) is 3.95. The molecule has 0 spiro atoms. The van der Waals surface area contributed by atoms with Gasteiger partial charge in [0.2, 0.25) is 0 Å². The molecule has 9 heavy (non-hydrogen) atoms. The molecule has 54 valence electrons. The van der Waals surface area contributed by atoms with Gasteiger partial charge in [-0.3, -0.25) is 4.94 Å². The normalized spacial score (nSPS) is 11.1. The molecule has 0 N–H and O–H groups in total. The zero-order valence-corrected chi connectivity index (χ0v) is 4.04. The minimum Gasteiger partial charge on any atom is -0.255 e. The van der Waals surface area contributed by atoms with E-state index in [1.807, 2.05) is 0 Å². The van der Waals surface area contributed by atoms with Crippen molar-refractivity contribution in [2.45, 2.75) is 12.6 Å². The summed E-state index contributed by atoms with van der Waals surface area (Å²) in [6.45, 7) is 0. The third-order valence-corrected chi connectivity index (χ3v) is 0.431. The summed E-state index contributed by atoms with van der Waals surface area (Å²) in [5, 5.41) is 0. The minimum atomic E-state index is -4.69. The van der Waals surface area contributed by atoms with Gasteiger partial charge in [-0.05, 0) is 0 Å². The van der Waals surface area contributed by atoms with Gasteiger partial charge < -0.3 is 0 Å². The first-order valence-electron chi connectivity index (χ1n) is 1.84. The fourth-order valence-electron chi connectivity index (χ4n) is 0.191. The summed E-state index contributed by atoms with van der Waals surface area (Å²) in [6, 6.07) is 0. The maximum atomic E-state index is 11.0. The zero-order valence-electron chi connectivity index (χ0n) is 4.04. The maximum absolute atomic E-state index is 11.0. The van der Waals surface area contributed by atoms with Crippen LogP contribution in [0.2, 0.25) is 0 Å². The minimum absolute atomic E-state index is 1.89. The third-order valence-electron chi connectivity index (χ3n) is 0.431. The number of hydrogen-bond donors (Lipinski definition) is 0. The summed E-state index contributed by atoms with van der Waals surface area (Å²) in [5.74, 6) is -1.93. The molecule has 0 aliphatic carbocycles. The van der Waals surface area contributed by atoms with E-state index in [-0.39, 0.29) is 0 Å². The molecule has 0 fully saturated rings. The molecule has 0 amide bonds. The van der Waals surface area contributed by atoms with Crippen LogP contribution < -0.4 is 0 Å². The molecular weight excluding hydrogens is 144 g/mol. The van der Waals surface area contributed by atoms with Crippen LogP contribution in [0.1, 0.15) is 6.42 Å². The third kappa shape index (κ3) is 5.05. The molecule has 0 aliphatic heterocycles. The fourth-order valence-corrected chi connectivity index (χ4v) is 0.191. The molecule has 0 atom stereocenters. The number of carbonyl (C=O) groups excluding carboxylic acids is 1. The van der Waals surface area contributed by atoms with Gasteiger partial charge in [-0.1, -0.05) is 0 Å². The van der Waals surface area contributed by atoms with Gasteiger partial charge in [-0.2, -0.15) is 13.2 Å². The van der Waals surface area contributed by atoms with Crippen molar-refractivity contribution in [3.63, 3.8) is 0 Å². The second kappa shape index (κ2) is 2.65. The smallest absolute Gasteiger partial charge is 0.255 e. The quantitative estimate of drug-likeness (QED) is 0.522. The average Bonchev–Trinajstić information content (AvgIpc) is 1.62. The summed E-state index contributed by atoms with van der Waals surface area (Å²) < 4.78 is 43.6. The summed E-state index contributed by atoms with van der Waals surface area (Å²) in [5.41, 5.74) is 0. The Morgan fingerprint density at radius 2 is 1.89 bits per heavy atom. The Bertz CT molecular complexity index is 107. The van der Waals surface area contributed by atoms with E-state index in [1.165, 1.54) is 0 Å². The van der Waals surface area contributed by atoms with Crippen LogP contribution in [0.3, 0.4) is 0 Å². The van der Waals surface area contributed by atoms with Gasteiger partial charge in [0, 0.05) is 4.53 Å². The number of rotatable bonds is 1. The summed E-state index contributed by atoms with van der Waals surface area (Å²) >= 11 is 0.